The number of benzene rings is 4. The number of aromatic amines is 1. The summed E-state index contributed by atoms with van der Waals surface area (Å²) in [5.74, 6) is -0.128. The molecule has 2 heterocycles. The van der Waals surface area contributed by atoms with E-state index < -0.39 is 12.2 Å². The number of aliphatic hydroxyl groups excluding tert-OH is 1. The summed E-state index contributed by atoms with van der Waals surface area (Å²) in [5, 5.41) is 30.8. The van der Waals surface area contributed by atoms with Gasteiger partial charge in [-0.05, 0) is 66.8 Å². The Morgan fingerprint density at radius 3 is 2.39 bits per heavy atom. The Balaban J connectivity index is 0.903. The normalized spacial score (nSPS) is 14.9. The topological polar surface area (TPSA) is 156 Å². The first-order valence-corrected chi connectivity index (χ1v) is 17.2. The molecular weight excluding hydrogens is 646 g/mol. The fourth-order valence-electron chi connectivity index (χ4n) is 6.41. The van der Waals surface area contributed by atoms with Crippen molar-refractivity contribution in [3.05, 3.63) is 125 Å². The predicted molar refractivity (Wildman–Crippen MR) is 199 cm³/mol. The van der Waals surface area contributed by atoms with Gasteiger partial charge in [-0.3, -0.25) is 14.9 Å². The van der Waals surface area contributed by atoms with Crippen molar-refractivity contribution in [3.63, 3.8) is 0 Å². The Hall–Kier alpha value is -5.49. The van der Waals surface area contributed by atoms with Crippen LogP contribution in [0.15, 0.2) is 108 Å². The number of fused-ring (bicyclic) bond motifs is 1. The SMILES string of the molecule is C[C@@H](NCC(O)c1ccc(O)c2[nH]c(=O)ccc12)c1ccc(NC(=O)CCN2CCC(OC(=O)Nc3ccccc3-c3ccccc3)CC2)cc1. The minimum absolute atomic E-state index is 0.0532. The number of pyridine rings is 1. The van der Waals surface area contributed by atoms with E-state index in [-0.39, 0.29) is 35.9 Å². The largest absolute Gasteiger partial charge is 0.506 e. The minimum Gasteiger partial charge on any atom is -0.506 e. The van der Waals surface area contributed by atoms with Gasteiger partial charge in [-0.1, -0.05) is 66.7 Å². The standard InChI is InChI=1S/C40H43N5O6/c1-26(41-25-36(47)32-15-17-35(46)39-33(32)16-18-37(48)44-39)27-11-13-29(14-12-27)42-38(49)21-24-45-22-19-30(20-23-45)51-40(50)43-34-10-6-5-9-31(34)28-7-3-2-4-8-28/h2-18,26,30,36,41,46-47H,19-25H2,1H3,(H,42,49)(H,43,50)(H,44,48)/t26-,36?/m1/s1. The number of anilines is 2. The number of aromatic hydroxyl groups is 1. The lowest BCUT2D eigenvalue weighted by molar-refractivity contribution is -0.116. The fraction of sp³-hybridized carbons (Fsp3) is 0.275. The number of nitrogens with one attached hydrogen (secondary N) is 4. The third-order valence-electron chi connectivity index (χ3n) is 9.29. The number of likely N-dealkylation sites (tertiary alicyclic amines) is 1. The van der Waals surface area contributed by atoms with Crippen LogP contribution in [0, 0.1) is 0 Å². The molecule has 5 aromatic rings. The first-order valence-electron chi connectivity index (χ1n) is 17.2. The second kappa shape index (κ2) is 16.5. The number of para-hydroxylation sites is 1. The van der Waals surface area contributed by atoms with Crippen molar-refractivity contribution < 1.29 is 24.5 Å². The number of phenolic OH excluding ortho intramolecular Hbond substituents is 1. The molecule has 0 spiro atoms. The molecule has 6 rings (SSSR count). The van der Waals surface area contributed by atoms with Crippen LogP contribution in [0.3, 0.4) is 0 Å². The summed E-state index contributed by atoms with van der Waals surface area (Å²) in [7, 11) is 0. The van der Waals surface area contributed by atoms with Gasteiger partial charge in [0.1, 0.15) is 11.9 Å². The first kappa shape index (κ1) is 35.3. The van der Waals surface area contributed by atoms with Crippen molar-refractivity contribution in [1.29, 1.82) is 0 Å². The van der Waals surface area contributed by atoms with E-state index >= 15 is 0 Å². The van der Waals surface area contributed by atoms with Gasteiger partial charge < -0.3 is 35.5 Å². The maximum absolute atomic E-state index is 12.7. The quantitative estimate of drug-likeness (QED) is 0.0889. The molecule has 0 bridgehead atoms. The molecule has 1 aromatic heterocycles. The summed E-state index contributed by atoms with van der Waals surface area (Å²) in [4.78, 5) is 42.0. The van der Waals surface area contributed by atoms with Crippen molar-refractivity contribution >= 4 is 34.3 Å². The molecule has 51 heavy (non-hydrogen) atoms. The number of hydrogen-bond donors (Lipinski definition) is 6. The van der Waals surface area contributed by atoms with Crippen molar-refractivity contribution in [3.8, 4) is 16.9 Å². The van der Waals surface area contributed by atoms with Crippen LogP contribution in [-0.2, 0) is 9.53 Å². The summed E-state index contributed by atoms with van der Waals surface area (Å²) in [5.41, 5.74) is 4.90. The van der Waals surface area contributed by atoms with E-state index in [0.29, 0.717) is 53.6 Å². The van der Waals surface area contributed by atoms with Gasteiger partial charge in [-0.2, -0.15) is 0 Å². The molecule has 0 aliphatic carbocycles. The number of piperidine rings is 1. The summed E-state index contributed by atoms with van der Waals surface area (Å²) in [6, 6.07) is 31.1. The number of nitrogens with zero attached hydrogens (tertiary/aromatic N) is 1. The van der Waals surface area contributed by atoms with E-state index in [9.17, 15) is 24.6 Å². The lowest BCUT2D eigenvalue weighted by Crippen LogP contribution is -2.39. The molecule has 1 aliphatic rings. The zero-order valence-corrected chi connectivity index (χ0v) is 28.5. The van der Waals surface area contributed by atoms with E-state index in [0.717, 1.165) is 29.8 Å². The number of amides is 2. The molecule has 11 heteroatoms. The van der Waals surface area contributed by atoms with Crippen LogP contribution in [0.2, 0.25) is 0 Å². The smallest absolute Gasteiger partial charge is 0.411 e. The molecule has 4 aromatic carbocycles. The van der Waals surface area contributed by atoms with Gasteiger partial charge >= 0.3 is 6.09 Å². The number of carbonyl (C=O) groups is 2. The van der Waals surface area contributed by atoms with Crippen LogP contribution in [0.5, 0.6) is 5.75 Å². The molecule has 2 amide bonds. The van der Waals surface area contributed by atoms with E-state index in [1.165, 1.54) is 12.1 Å². The number of H-pyrrole nitrogens is 1. The van der Waals surface area contributed by atoms with Gasteiger partial charge in [-0.25, -0.2) is 4.79 Å². The molecule has 2 atom stereocenters. The molecule has 264 valence electrons. The van der Waals surface area contributed by atoms with Crippen LogP contribution in [-0.4, -0.2) is 64.4 Å². The number of rotatable bonds is 12. The Morgan fingerprint density at radius 2 is 1.63 bits per heavy atom. The number of aliphatic hydroxyl groups is 1. The Morgan fingerprint density at radius 1 is 0.902 bits per heavy atom. The van der Waals surface area contributed by atoms with Crippen LogP contribution >= 0.6 is 0 Å². The van der Waals surface area contributed by atoms with E-state index in [2.05, 4.69) is 25.8 Å². The number of carbonyl (C=O) groups excluding carboxylic acids is 2. The third-order valence-corrected chi connectivity index (χ3v) is 9.29. The van der Waals surface area contributed by atoms with Gasteiger partial charge in [0.05, 0.1) is 17.3 Å². The molecule has 1 aliphatic heterocycles. The molecule has 1 saturated heterocycles. The lowest BCUT2D eigenvalue weighted by atomic mass is 10.0. The average Bonchev–Trinajstić information content (AvgIpc) is 3.14. The molecule has 6 N–H and O–H groups in total. The van der Waals surface area contributed by atoms with Gasteiger partial charge in [0.2, 0.25) is 11.5 Å². The lowest BCUT2D eigenvalue weighted by Gasteiger charge is -2.31. The van der Waals surface area contributed by atoms with Gasteiger partial charge in [0.15, 0.2) is 0 Å². The van der Waals surface area contributed by atoms with Crippen LogP contribution in [0.25, 0.3) is 22.0 Å². The van der Waals surface area contributed by atoms with Gasteiger partial charge in [-0.15, -0.1) is 0 Å². The summed E-state index contributed by atoms with van der Waals surface area (Å²) >= 11 is 0. The Kier molecular flexibility index (Phi) is 11.4. The van der Waals surface area contributed by atoms with Gasteiger partial charge in [0.25, 0.3) is 0 Å². The maximum Gasteiger partial charge on any atom is 0.411 e. The average molecular weight is 690 g/mol. The molecule has 0 radical (unpaired) electrons. The number of phenols is 1. The molecule has 1 unspecified atom stereocenters. The monoisotopic (exact) mass is 689 g/mol. The third kappa shape index (κ3) is 9.20. The maximum atomic E-state index is 12.7. The van der Waals surface area contributed by atoms with E-state index in [1.807, 2.05) is 85.8 Å². The molecule has 1 fully saturated rings. The second-order valence-electron chi connectivity index (χ2n) is 12.8. The molecule has 0 saturated carbocycles. The van der Waals surface area contributed by atoms with Crippen molar-refractivity contribution in [2.75, 3.05) is 36.8 Å². The summed E-state index contributed by atoms with van der Waals surface area (Å²) in [6.07, 6.45) is 0.231. The predicted octanol–water partition coefficient (Wildman–Crippen LogP) is 6.33. The minimum atomic E-state index is -0.869. The highest BCUT2D eigenvalue weighted by atomic mass is 16.6. The number of ether oxygens (including phenoxy) is 1. The summed E-state index contributed by atoms with van der Waals surface area (Å²) in [6.45, 7) is 4.32. The molecule has 11 nitrogen and oxygen atoms in total. The highest BCUT2D eigenvalue weighted by Gasteiger charge is 2.23. The highest BCUT2D eigenvalue weighted by Crippen LogP contribution is 2.30. The zero-order valence-electron chi connectivity index (χ0n) is 28.5. The van der Waals surface area contributed by atoms with E-state index in [4.69, 9.17) is 4.74 Å². The highest BCUT2D eigenvalue weighted by molar-refractivity contribution is 5.92. The number of aromatic nitrogens is 1. The van der Waals surface area contributed by atoms with Crippen LogP contribution in [0.4, 0.5) is 16.2 Å². The molecular formula is C40H43N5O6. The summed E-state index contributed by atoms with van der Waals surface area (Å²) < 4.78 is 5.74. The fourth-order valence-corrected chi connectivity index (χ4v) is 6.41. The second-order valence-corrected chi connectivity index (χ2v) is 12.8. The Labute approximate surface area is 296 Å². The zero-order chi connectivity index (χ0) is 35.7. The van der Waals surface area contributed by atoms with Crippen molar-refractivity contribution in [2.24, 2.45) is 0 Å². The van der Waals surface area contributed by atoms with Gasteiger partial charge in [0, 0.05) is 61.3 Å². The Bertz CT molecular complexity index is 2010. The van der Waals surface area contributed by atoms with Crippen LogP contribution in [0.1, 0.15) is 49.5 Å². The van der Waals surface area contributed by atoms with E-state index in [1.54, 1.807) is 12.1 Å². The van der Waals surface area contributed by atoms with Crippen molar-refractivity contribution in [2.45, 2.75) is 44.4 Å². The van der Waals surface area contributed by atoms with Crippen LogP contribution < -0.4 is 21.5 Å². The number of hydrogen-bond acceptors (Lipinski definition) is 8. The van der Waals surface area contributed by atoms with Crippen molar-refractivity contribution in [1.82, 2.24) is 15.2 Å². The first-order chi connectivity index (χ1) is 24.7.